The maximum atomic E-state index is 3.70. The van der Waals surface area contributed by atoms with Crippen LogP contribution in [0.4, 0.5) is 0 Å². The van der Waals surface area contributed by atoms with Crippen molar-refractivity contribution in [3.8, 4) is 0 Å². The molecule has 0 aromatic heterocycles. The fourth-order valence-electron chi connectivity index (χ4n) is 2.29. The third-order valence-corrected chi connectivity index (χ3v) is 4.22. The minimum Gasteiger partial charge on any atom is -0.314 e. The molecule has 0 heterocycles. The first-order chi connectivity index (χ1) is 9.36. The fraction of sp³-hybridized carbons (Fsp3) is 0.647. The zero-order valence-corrected chi connectivity index (χ0v) is 13.3. The molecule has 0 amide bonds. The molecule has 0 aliphatic carbocycles. The Kier molecular flexibility index (Phi) is 9.92. The summed E-state index contributed by atoms with van der Waals surface area (Å²) in [5.41, 5.74) is 1.45. The third-order valence-electron chi connectivity index (χ3n) is 3.53. The van der Waals surface area contributed by atoms with Gasteiger partial charge in [-0.1, -0.05) is 50.1 Å². The summed E-state index contributed by atoms with van der Waals surface area (Å²) >= 11 is 1.96. The Bertz CT molecular complexity index is 299. The summed E-state index contributed by atoms with van der Waals surface area (Å²) in [4.78, 5) is 0. The first-order valence-corrected chi connectivity index (χ1v) is 9.02. The number of rotatable bonds is 11. The molecule has 0 bridgehead atoms. The molecule has 0 spiro atoms. The van der Waals surface area contributed by atoms with Crippen molar-refractivity contribution in [2.24, 2.45) is 0 Å². The van der Waals surface area contributed by atoms with Gasteiger partial charge in [0.25, 0.3) is 0 Å². The second-order valence-corrected chi connectivity index (χ2v) is 6.14. The van der Waals surface area contributed by atoms with Gasteiger partial charge >= 0.3 is 0 Å². The predicted octanol–water partition coefficient (Wildman–Crippen LogP) is 4.52. The van der Waals surface area contributed by atoms with Gasteiger partial charge < -0.3 is 5.32 Å². The molecule has 0 aliphatic heterocycles. The van der Waals surface area contributed by atoms with Crippen molar-refractivity contribution >= 4 is 11.8 Å². The van der Waals surface area contributed by atoms with Gasteiger partial charge in [-0.3, -0.25) is 0 Å². The van der Waals surface area contributed by atoms with Crippen LogP contribution in [0.1, 0.15) is 44.6 Å². The molecule has 2 heteroatoms. The molecule has 1 unspecified atom stereocenters. The highest BCUT2D eigenvalue weighted by Crippen LogP contribution is 2.07. The summed E-state index contributed by atoms with van der Waals surface area (Å²) in [5, 5.41) is 3.70. The van der Waals surface area contributed by atoms with Crippen LogP contribution in [0, 0.1) is 0 Å². The van der Waals surface area contributed by atoms with Crippen LogP contribution < -0.4 is 5.32 Å². The molecule has 1 aromatic rings. The Morgan fingerprint density at radius 3 is 2.47 bits per heavy atom. The number of hydrogen-bond donors (Lipinski definition) is 1. The molecule has 0 fully saturated rings. The van der Waals surface area contributed by atoms with Crippen molar-refractivity contribution < 1.29 is 0 Å². The van der Waals surface area contributed by atoms with E-state index in [4.69, 9.17) is 0 Å². The summed E-state index contributed by atoms with van der Waals surface area (Å²) < 4.78 is 0. The highest BCUT2D eigenvalue weighted by atomic mass is 32.2. The van der Waals surface area contributed by atoms with Crippen molar-refractivity contribution in [2.75, 3.05) is 18.6 Å². The average Bonchev–Trinajstić information content (AvgIpc) is 2.46. The van der Waals surface area contributed by atoms with E-state index in [0.717, 1.165) is 6.42 Å². The maximum Gasteiger partial charge on any atom is 0.0105 e. The molecule has 0 saturated heterocycles. The third kappa shape index (κ3) is 8.33. The normalized spacial score (nSPS) is 12.5. The van der Waals surface area contributed by atoms with E-state index in [0.29, 0.717) is 6.04 Å². The van der Waals surface area contributed by atoms with Gasteiger partial charge in [-0.25, -0.2) is 0 Å². The van der Waals surface area contributed by atoms with Gasteiger partial charge in [0.05, 0.1) is 0 Å². The number of nitrogens with one attached hydrogen (secondary N) is 1. The Morgan fingerprint density at radius 2 is 1.79 bits per heavy atom. The van der Waals surface area contributed by atoms with E-state index >= 15 is 0 Å². The predicted molar refractivity (Wildman–Crippen MR) is 89.1 cm³/mol. The summed E-state index contributed by atoms with van der Waals surface area (Å²) in [6.07, 6.45) is 10.0. The SMILES string of the molecule is CCC(Cc1ccccc1)NCCCCCCSC. The van der Waals surface area contributed by atoms with Gasteiger partial charge in [0.15, 0.2) is 0 Å². The molecule has 1 rings (SSSR count). The van der Waals surface area contributed by atoms with Crippen LogP contribution in [-0.4, -0.2) is 24.6 Å². The van der Waals surface area contributed by atoms with Gasteiger partial charge in [-0.05, 0) is 49.8 Å². The lowest BCUT2D eigenvalue weighted by atomic mass is 10.0. The average molecular weight is 279 g/mol. The molecule has 1 atom stereocenters. The van der Waals surface area contributed by atoms with E-state index in [1.807, 2.05) is 11.8 Å². The Labute approximate surface area is 123 Å². The molecule has 1 nitrogen and oxygen atoms in total. The minimum atomic E-state index is 0.633. The number of benzene rings is 1. The van der Waals surface area contributed by atoms with E-state index in [1.165, 1.54) is 50.0 Å². The summed E-state index contributed by atoms with van der Waals surface area (Å²) in [6.45, 7) is 3.45. The molecular formula is C17H29NS. The van der Waals surface area contributed by atoms with E-state index in [-0.39, 0.29) is 0 Å². The first kappa shape index (κ1) is 16.6. The van der Waals surface area contributed by atoms with Gasteiger partial charge in [0.2, 0.25) is 0 Å². The Hall–Kier alpha value is -0.470. The lowest BCUT2D eigenvalue weighted by Gasteiger charge is -2.17. The van der Waals surface area contributed by atoms with Gasteiger partial charge in [-0.15, -0.1) is 0 Å². The Balaban J connectivity index is 2.09. The summed E-state index contributed by atoms with van der Waals surface area (Å²) in [5.74, 6) is 1.32. The lowest BCUT2D eigenvalue weighted by Crippen LogP contribution is -2.31. The van der Waals surface area contributed by atoms with Crippen LogP contribution in [-0.2, 0) is 6.42 Å². The van der Waals surface area contributed by atoms with E-state index < -0.39 is 0 Å². The van der Waals surface area contributed by atoms with Gasteiger partial charge in [0.1, 0.15) is 0 Å². The molecule has 1 aromatic carbocycles. The van der Waals surface area contributed by atoms with E-state index in [9.17, 15) is 0 Å². The molecule has 0 aliphatic rings. The van der Waals surface area contributed by atoms with Crippen LogP contribution in [0.3, 0.4) is 0 Å². The van der Waals surface area contributed by atoms with Crippen LogP contribution in [0.15, 0.2) is 30.3 Å². The number of unbranched alkanes of at least 4 members (excludes halogenated alkanes) is 3. The molecular weight excluding hydrogens is 250 g/mol. The second kappa shape index (κ2) is 11.4. The van der Waals surface area contributed by atoms with Crippen LogP contribution in [0.5, 0.6) is 0 Å². The smallest absolute Gasteiger partial charge is 0.0105 e. The minimum absolute atomic E-state index is 0.633. The molecule has 108 valence electrons. The van der Waals surface area contributed by atoms with Crippen molar-refractivity contribution in [3.05, 3.63) is 35.9 Å². The van der Waals surface area contributed by atoms with Gasteiger partial charge in [0, 0.05) is 6.04 Å². The van der Waals surface area contributed by atoms with Crippen LogP contribution >= 0.6 is 11.8 Å². The van der Waals surface area contributed by atoms with Crippen molar-refractivity contribution in [3.63, 3.8) is 0 Å². The monoisotopic (exact) mass is 279 g/mol. The quantitative estimate of drug-likeness (QED) is 0.598. The van der Waals surface area contributed by atoms with E-state index in [2.05, 4.69) is 48.8 Å². The zero-order chi connectivity index (χ0) is 13.8. The molecule has 19 heavy (non-hydrogen) atoms. The highest BCUT2D eigenvalue weighted by Gasteiger charge is 2.05. The fourth-order valence-corrected chi connectivity index (χ4v) is 2.78. The Morgan fingerprint density at radius 1 is 1.05 bits per heavy atom. The molecule has 0 saturated carbocycles. The lowest BCUT2D eigenvalue weighted by molar-refractivity contribution is 0.479. The van der Waals surface area contributed by atoms with E-state index in [1.54, 1.807) is 0 Å². The van der Waals surface area contributed by atoms with Crippen molar-refractivity contribution in [1.29, 1.82) is 0 Å². The first-order valence-electron chi connectivity index (χ1n) is 7.63. The van der Waals surface area contributed by atoms with Crippen LogP contribution in [0.2, 0.25) is 0 Å². The standard InChI is InChI=1S/C17H29NS/c1-3-17(15-16-11-7-6-8-12-16)18-13-9-4-5-10-14-19-2/h6-8,11-12,17-18H,3-5,9-10,13-15H2,1-2H3. The largest absolute Gasteiger partial charge is 0.314 e. The summed E-state index contributed by atoms with van der Waals surface area (Å²) in [6, 6.07) is 11.4. The maximum absolute atomic E-state index is 3.70. The molecule has 1 N–H and O–H groups in total. The van der Waals surface area contributed by atoms with Crippen molar-refractivity contribution in [2.45, 2.75) is 51.5 Å². The number of hydrogen-bond acceptors (Lipinski definition) is 2. The highest BCUT2D eigenvalue weighted by molar-refractivity contribution is 7.98. The zero-order valence-electron chi connectivity index (χ0n) is 12.5. The topological polar surface area (TPSA) is 12.0 Å². The summed E-state index contributed by atoms with van der Waals surface area (Å²) in [7, 11) is 0. The number of thioether (sulfide) groups is 1. The second-order valence-electron chi connectivity index (χ2n) is 5.16. The van der Waals surface area contributed by atoms with Crippen molar-refractivity contribution in [1.82, 2.24) is 5.32 Å². The van der Waals surface area contributed by atoms with Gasteiger partial charge in [-0.2, -0.15) is 11.8 Å². The van der Waals surface area contributed by atoms with Crippen LogP contribution in [0.25, 0.3) is 0 Å². The molecule has 0 radical (unpaired) electrons.